The summed E-state index contributed by atoms with van der Waals surface area (Å²) in [5.74, 6) is -1.53. The van der Waals surface area contributed by atoms with Crippen LogP contribution < -0.4 is 0 Å². The van der Waals surface area contributed by atoms with Crippen molar-refractivity contribution in [1.29, 1.82) is 0 Å². The van der Waals surface area contributed by atoms with Crippen molar-refractivity contribution in [2.45, 2.75) is 5.75 Å². The lowest BCUT2D eigenvalue weighted by atomic mass is 10.3. The van der Waals surface area contributed by atoms with Gasteiger partial charge in [-0.05, 0) is 0 Å². The summed E-state index contributed by atoms with van der Waals surface area (Å²) in [4.78, 5) is 10.4. The molecule has 1 aromatic rings. The summed E-state index contributed by atoms with van der Waals surface area (Å²) in [7, 11) is -2.62. The highest BCUT2D eigenvalue weighted by Gasteiger charge is 2.12. The Morgan fingerprint density at radius 3 is 2.83 bits per heavy atom. The van der Waals surface area contributed by atoms with Gasteiger partial charge in [-0.25, -0.2) is 13.2 Å². The first kappa shape index (κ1) is 8.72. The highest BCUT2D eigenvalue weighted by atomic mass is 32.2. The monoisotopic (exact) mass is 190 g/mol. The normalized spacial score (nSPS) is 10.4. The molecule has 0 aromatic carbocycles. The van der Waals surface area contributed by atoms with Gasteiger partial charge in [-0.15, -0.1) is 0 Å². The fourth-order valence-corrected chi connectivity index (χ4v) is 1.28. The largest absolute Gasteiger partial charge is 0.476 e. The number of aromatic nitrogens is 2. The van der Waals surface area contributed by atoms with Crippen molar-refractivity contribution in [3.8, 4) is 0 Å². The molecular formula is C5H6N2O4S. The number of nitrogens with zero attached hydrogens (tertiary/aromatic N) is 1. The Morgan fingerprint density at radius 1 is 1.67 bits per heavy atom. The van der Waals surface area contributed by atoms with Crippen molar-refractivity contribution in [3.05, 3.63) is 17.5 Å². The van der Waals surface area contributed by atoms with E-state index in [1.165, 1.54) is 6.20 Å². The van der Waals surface area contributed by atoms with Crippen LogP contribution >= 0.6 is 0 Å². The average molecular weight is 190 g/mol. The number of carbonyl (C=O) groups is 1. The van der Waals surface area contributed by atoms with Crippen molar-refractivity contribution in [1.82, 2.24) is 10.2 Å². The summed E-state index contributed by atoms with van der Waals surface area (Å²) in [5, 5.41) is 14.2. The summed E-state index contributed by atoms with van der Waals surface area (Å²) in [6.07, 6.45) is 1.26. The first-order valence-corrected chi connectivity index (χ1v) is 4.35. The quantitative estimate of drug-likeness (QED) is 0.543. The fraction of sp³-hybridized carbons (Fsp3) is 0.200. The number of carboxylic acids is 1. The molecule has 0 aliphatic rings. The molecule has 66 valence electrons. The van der Waals surface area contributed by atoms with Gasteiger partial charge in [0, 0.05) is 11.8 Å². The van der Waals surface area contributed by atoms with E-state index in [4.69, 9.17) is 5.11 Å². The summed E-state index contributed by atoms with van der Waals surface area (Å²) < 4.78 is 20.5. The molecule has 0 bridgehead atoms. The molecule has 2 N–H and O–H groups in total. The van der Waals surface area contributed by atoms with Crippen LogP contribution in [0.4, 0.5) is 0 Å². The molecule has 6 nitrogen and oxygen atoms in total. The zero-order valence-electron chi connectivity index (χ0n) is 5.85. The second kappa shape index (κ2) is 3.35. The molecule has 12 heavy (non-hydrogen) atoms. The molecule has 0 unspecified atom stereocenters. The maximum absolute atomic E-state index is 10.4. The Labute approximate surface area is 69.2 Å². The summed E-state index contributed by atoms with van der Waals surface area (Å²) in [5.41, 5.74) is -0.0622. The van der Waals surface area contributed by atoms with E-state index in [-0.39, 0.29) is 17.0 Å². The van der Waals surface area contributed by atoms with Gasteiger partial charge in [0.25, 0.3) is 0 Å². The number of H-pyrrole nitrogens is 1. The Kier molecular flexibility index (Phi) is 2.44. The van der Waals surface area contributed by atoms with Crippen molar-refractivity contribution in [2.75, 3.05) is 0 Å². The van der Waals surface area contributed by atoms with E-state index < -0.39 is 16.7 Å². The SMILES string of the molecule is O=C(O)c1n[nH]cc1C[SH](=O)=O. The van der Waals surface area contributed by atoms with Crippen LogP contribution in [-0.4, -0.2) is 29.7 Å². The third-order valence-corrected chi connectivity index (χ3v) is 1.82. The molecule has 0 saturated heterocycles. The van der Waals surface area contributed by atoms with Gasteiger partial charge in [0.1, 0.15) is 10.7 Å². The molecule has 1 aromatic heterocycles. The highest BCUT2D eigenvalue weighted by molar-refractivity contribution is 7.71. The zero-order chi connectivity index (χ0) is 9.14. The minimum Gasteiger partial charge on any atom is -0.476 e. The van der Waals surface area contributed by atoms with Crippen LogP contribution in [0.1, 0.15) is 16.1 Å². The Morgan fingerprint density at radius 2 is 2.33 bits per heavy atom. The molecule has 7 heteroatoms. The van der Waals surface area contributed by atoms with Crippen molar-refractivity contribution in [2.24, 2.45) is 0 Å². The van der Waals surface area contributed by atoms with Gasteiger partial charge < -0.3 is 5.11 Å². The number of nitrogens with one attached hydrogen (secondary N) is 1. The van der Waals surface area contributed by atoms with Gasteiger partial charge in [-0.3, -0.25) is 5.10 Å². The zero-order valence-corrected chi connectivity index (χ0v) is 6.75. The van der Waals surface area contributed by atoms with Crippen LogP contribution in [0, 0.1) is 0 Å². The first-order valence-electron chi connectivity index (χ1n) is 2.99. The third-order valence-electron chi connectivity index (χ3n) is 1.22. The highest BCUT2D eigenvalue weighted by Crippen LogP contribution is 2.04. The molecule has 0 radical (unpaired) electrons. The number of aromatic carboxylic acids is 1. The second-order valence-corrected chi connectivity index (χ2v) is 3.04. The van der Waals surface area contributed by atoms with Crippen LogP contribution in [0.25, 0.3) is 0 Å². The average Bonchev–Trinajstić information content (AvgIpc) is 2.33. The molecule has 1 rings (SSSR count). The van der Waals surface area contributed by atoms with Crippen LogP contribution in [0.15, 0.2) is 6.20 Å². The van der Waals surface area contributed by atoms with Crippen molar-refractivity contribution >= 4 is 16.7 Å². The Hall–Kier alpha value is -1.37. The summed E-state index contributed by atoms with van der Waals surface area (Å²) >= 11 is 0. The van der Waals surface area contributed by atoms with E-state index in [1.54, 1.807) is 0 Å². The maximum atomic E-state index is 10.4. The van der Waals surface area contributed by atoms with Gasteiger partial charge in [0.2, 0.25) is 0 Å². The lowest BCUT2D eigenvalue weighted by Gasteiger charge is -1.89. The lowest BCUT2D eigenvalue weighted by molar-refractivity contribution is 0.0689. The van der Waals surface area contributed by atoms with E-state index in [0.717, 1.165) is 0 Å². The van der Waals surface area contributed by atoms with Gasteiger partial charge in [-0.1, -0.05) is 0 Å². The smallest absolute Gasteiger partial charge is 0.356 e. The molecular weight excluding hydrogens is 184 g/mol. The number of hydrogen-bond donors (Lipinski definition) is 3. The van der Waals surface area contributed by atoms with E-state index in [9.17, 15) is 13.2 Å². The van der Waals surface area contributed by atoms with Gasteiger partial charge in [0.15, 0.2) is 5.69 Å². The standard InChI is InChI=1S/C5H6N2O4S/c8-5(9)4-3(1-6-7-4)2-12(10)11/h1,12H,2H2,(H,6,7)(H,8,9). The van der Waals surface area contributed by atoms with Gasteiger partial charge >= 0.3 is 5.97 Å². The van der Waals surface area contributed by atoms with Crippen LogP contribution in [0.5, 0.6) is 0 Å². The van der Waals surface area contributed by atoms with Crippen LogP contribution in [0.2, 0.25) is 0 Å². The Bertz CT molecular complexity index is 359. The fourth-order valence-electron chi connectivity index (χ4n) is 0.760. The molecule has 0 saturated carbocycles. The molecule has 0 atom stereocenters. The molecule has 0 fully saturated rings. The molecule has 0 amide bonds. The number of rotatable bonds is 3. The molecule has 0 spiro atoms. The third kappa shape index (κ3) is 1.82. The molecule has 0 aliphatic heterocycles. The minimum absolute atomic E-state index is 0.179. The van der Waals surface area contributed by atoms with E-state index in [1.807, 2.05) is 0 Å². The minimum atomic E-state index is -2.62. The predicted molar refractivity (Wildman–Crippen MR) is 39.6 cm³/mol. The van der Waals surface area contributed by atoms with E-state index in [0.29, 0.717) is 0 Å². The first-order chi connectivity index (χ1) is 5.61. The van der Waals surface area contributed by atoms with Crippen molar-refractivity contribution in [3.63, 3.8) is 0 Å². The van der Waals surface area contributed by atoms with Gasteiger partial charge in [0.05, 0.1) is 5.75 Å². The number of aromatic amines is 1. The summed E-state index contributed by atoms with van der Waals surface area (Å²) in [6, 6.07) is 0. The van der Waals surface area contributed by atoms with Crippen LogP contribution in [0.3, 0.4) is 0 Å². The Balaban J connectivity index is 2.99. The molecule has 0 aliphatic carbocycles. The predicted octanol–water partition coefficient (Wildman–Crippen LogP) is -0.781. The van der Waals surface area contributed by atoms with Crippen molar-refractivity contribution < 1.29 is 18.3 Å². The van der Waals surface area contributed by atoms with Gasteiger partial charge in [-0.2, -0.15) is 5.10 Å². The molecule has 1 heterocycles. The second-order valence-electron chi connectivity index (χ2n) is 2.06. The van der Waals surface area contributed by atoms with Crippen LogP contribution in [-0.2, 0) is 16.5 Å². The number of hydrogen-bond acceptors (Lipinski definition) is 4. The summed E-state index contributed by atoms with van der Waals surface area (Å²) in [6.45, 7) is 0. The topological polar surface area (TPSA) is 100 Å². The number of thiol groups is 1. The van der Waals surface area contributed by atoms with E-state index in [2.05, 4.69) is 10.2 Å². The lowest BCUT2D eigenvalue weighted by Crippen LogP contribution is -2.01. The maximum Gasteiger partial charge on any atom is 0.356 e. The number of carboxylic acid groups (broad SMARTS) is 1. The van der Waals surface area contributed by atoms with E-state index >= 15 is 0 Å².